The molecule has 3 aromatic carbocycles. The first-order valence-corrected chi connectivity index (χ1v) is 11.7. The zero-order valence-corrected chi connectivity index (χ0v) is 19.6. The van der Waals surface area contributed by atoms with Crippen LogP contribution in [0.1, 0.15) is 24.9 Å². The molecule has 0 radical (unpaired) electrons. The van der Waals surface area contributed by atoms with Gasteiger partial charge in [-0.3, -0.25) is 14.4 Å². The lowest BCUT2D eigenvalue weighted by Gasteiger charge is -2.28. The summed E-state index contributed by atoms with van der Waals surface area (Å²) in [4.78, 5) is 34.4. The van der Waals surface area contributed by atoms with Gasteiger partial charge in [0.15, 0.2) is 6.10 Å². The fourth-order valence-corrected chi connectivity index (χ4v) is 4.64. The van der Waals surface area contributed by atoms with Crippen LogP contribution in [0.3, 0.4) is 0 Å². The van der Waals surface area contributed by atoms with E-state index in [0.29, 0.717) is 18.0 Å². The molecule has 0 spiro atoms. The zero-order valence-electron chi connectivity index (χ0n) is 18.1. The largest absolute Gasteiger partial charge is 0.494 e. The molecule has 2 aliphatic rings. The van der Waals surface area contributed by atoms with Crippen LogP contribution in [-0.4, -0.2) is 24.5 Å². The molecule has 33 heavy (non-hydrogen) atoms. The van der Waals surface area contributed by atoms with Gasteiger partial charge in [-0.25, -0.2) is 9.96 Å². The molecule has 7 heteroatoms. The minimum absolute atomic E-state index is 0.265. The van der Waals surface area contributed by atoms with E-state index >= 15 is 0 Å². The monoisotopic (exact) mass is 506 g/mol. The summed E-state index contributed by atoms with van der Waals surface area (Å²) in [5, 5.41) is 1.70. The quantitative estimate of drug-likeness (QED) is 0.425. The van der Waals surface area contributed by atoms with Gasteiger partial charge in [0.25, 0.3) is 5.91 Å². The number of fused-ring (bicyclic) bond motifs is 1. The maximum absolute atomic E-state index is 13.6. The predicted octanol–water partition coefficient (Wildman–Crippen LogP) is 5.29. The van der Waals surface area contributed by atoms with Gasteiger partial charge in [-0.05, 0) is 60.5 Å². The fraction of sp³-hybridized carbons (Fsp3) is 0.231. The van der Waals surface area contributed by atoms with Crippen LogP contribution < -0.4 is 14.7 Å². The van der Waals surface area contributed by atoms with Gasteiger partial charge in [-0.15, -0.1) is 0 Å². The molecule has 0 saturated carbocycles. The number of rotatable bonds is 6. The van der Waals surface area contributed by atoms with Crippen molar-refractivity contribution in [1.82, 2.24) is 0 Å². The number of halogens is 1. The molecule has 3 atom stereocenters. The SMILES string of the molecule is CCCOc1ccc(N2C(=O)[C@H]3[C@H](ON(c4ccccc4)[C@H]3c3ccc(Br)cc3)C2=O)cc1. The van der Waals surface area contributed by atoms with E-state index in [1.165, 1.54) is 4.90 Å². The Kier molecular flexibility index (Phi) is 5.91. The standard InChI is InChI=1S/C26H23BrN2O4/c1-2-16-32-21-14-12-19(13-15-21)28-25(30)22-23(17-8-10-18(27)11-9-17)29(33-24(22)26(28)31)20-6-4-3-5-7-20/h3-15,22-24H,2,16H2,1H3/t22-,23+,24+/m1/s1. The average molecular weight is 507 g/mol. The minimum Gasteiger partial charge on any atom is -0.494 e. The third-order valence-electron chi connectivity index (χ3n) is 5.91. The highest BCUT2D eigenvalue weighted by Gasteiger charge is 2.60. The number of hydroxylamine groups is 1. The van der Waals surface area contributed by atoms with Crippen molar-refractivity contribution in [3.8, 4) is 5.75 Å². The summed E-state index contributed by atoms with van der Waals surface area (Å²) >= 11 is 3.47. The van der Waals surface area contributed by atoms with E-state index in [0.717, 1.165) is 22.1 Å². The number of benzene rings is 3. The first kappa shape index (κ1) is 21.7. The van der Waals surface area contributed by atoms with Gasteiger partial charge >= 0.3 is 0 Å². The maximum Gasteiger partial charge on any atom is 0.266 e. The van der Waals surface area contributed by atoms with E-state index in [1.54, 1.807) is 29.3 Å². The molecule has 0 aliphatic carbocycles. The Bertz CT molecular complexity index is 1150. The fourth-order valence-electron chi connectivity index (χ4n) is 4.38. The second-order valence-corrected chi connectivity index (χ2v) is 8.98. The van der Waals surface area contributed by atoms with Gasteiger partial charge in [0, 0.05) is 4.47 Å². The normalized spacial score (nSPS) is 22.1. The molecular formula is C26H23BrN2O4. The number of ether oxygens (including phenoxy) is 1. The van der Waals surface area contributed by atoms with Gasteiger partial charge < -0.3 is 4.74 Å². The van der Waals surface area contributed by atoms with Gasteiger partial charge in [-0.2, -0.15) is 0 Å². The number of para-hydroxylation sites is 1. The topological polar surface area (TPSA) is 59.1 Å². The predicted molar refractivity (Wildman–Crippen MR) is 129 cm³/mol. The second-order valence-electron chi connectivity index (χ2n) is 8.06. The summed E-state index contributed by atoms with van der Waals surface area (Å²) in [7, 11) is 0. The van der Waals surface area contributed by atoms with E-state index in [1.807, 2.05) is 61.5 Å². The lowest BCUT2D eigenvalue weighted by atomic mass is 9.90. The summed E-state index contributed by atoms with van der Waals surface area (Å²) < 4.78 is 6.56. The number of carbonyl (C=O) groups is 2. The first-order chi connectivity index (χ1) is 16.1. The van der Waals surface area contributed by atoms with Crippen LogP contribution in [0.4, 0.5) is 11.4 Å². The van der Waals surface area contributed by atoms with Crippen molar-refractivity contribution in [3.05, 3.63) is 88.9 Å². The van der Waals surface area contributed by atoms with Crippen molar-refractivity contribution in [2.75, 3.05) is 16.6 Å². The molecule has 0 bridgehead atoms. The van der Waals surface area contributed by atoms with Crippen LogP contribution in [0.5, 0.6) is 5.75 Å². The number of hydrogen-bond donors (Lipinski definition) is 0. The van der Waals surface area contributed by atoms with Gasteiger partial charge in [0.1, 0.15) is 11.7 Å². The average Bonchev–Trinajstić information content (AvgIpc) is 3.35. The van der Waals surface area contributed by atoms with E-state index in [9.17, 15) is 9.59 Å². The Balaban J connectivity index is 1.49. The molecule has 2 aliphatic heterocycles. The minimum atomic E-state index is -0.887. The van der Waals surface area contributed by atoms with Gasteiger partial charge in [0.05, 0.1) is 24.0 Å². The van der Waals surface area contributed by atoms with Crippen LogP contribution in [0.25, 0.3) is 0 Å². The van der Waals surface area contributed by atoms with Crippen molar-refractivity contribution in [3.63, 3.8) is 0 Å². The molecule has 2 saturated heterocycles. The summed E-state index contributed by atoms with van der Waals surface area (Å²) in [5.74, 6) is -0.569. The molecule has 0 N–H and O–H groups in total. The van der Waals surface area contributed by atoms with Crippen molar-refractivity contribution in [1.29, 1.82) is 0 Å². The molecule has 6 nitrogen and oxygen atoms in total. The van der Waals surface area contributed by atoms with Crippen LogP contribution in [0.15, 0.2) is 83.3 Å². The number of imide groups is 1. The number of carbonyl (C=O) groups excluding carboxylic acids is 2. The number of anilines is 2. The number of amides is 2. The Morgan fingerprint density at radius 2 is 1.58 bits per heavy atom. The Morgan fingerprint density at radius 3 is 2.24 bits per heavy atom. The highest BCUT2D eigenvalue weighted by atomic mass is 79.9. The molecule has 3 aromatic rings. The molecule has 5 rings (SSSR count). The van der Waals surface area contributed by atoms with Gasteiger partial charge in [-0.1, -0.05) is 53.2 Å². The third-order valence-corrected chi connectivity index (χ3v) is 6.43. The third kappa shape index (κ3) is 3.92. The van der Waals surface area contributed by atoms with Gasteiger partial charge in [0.2, 0.25) is 5.91 Å². The van der Waals surface area contributed by atoms with E-state index in [-0.39, 0.29) is 11.8 Å². The highest BCUT2D eigenvalue weighted by Crippen LogP contribution is 2.47. The molecular weight excluding hydrogens is 484 g/mol. The van der Waals surface area contributed by atoms with Crippen LogP contribution >= 0.6 is 15.9 Å². The number of nitrogens with zero attached hydrogens (tertiary/aromatic N) is 2. The Hall–Kier alpha value is -3.16. The molecule has 2 heterocycles. The second kappa shape index (κ2) is 9.00. The number of hydrogen-bond acceptors (Lipinski definition) is 5. The molecule has 0 aromatic heterocycles. The lowest BCUT2D eigenvalue weighted by molar-refractivity contribution is -0.126. The Morgan fingerprint density at radius 1 is 0.879 bits per heavy atom. The Labute approximate surface area is 200 Å². The summed E-state index contributed by atoms with van der Waals surface area (Å²) in [6.45, 7) is 2.65. The zero-order chi connectivity index (χ0) is 22.9. The van der Waals surface area contributed by atoms with Crippen LogP contribution in [0, 0.1) is 5.92 Å². The first-order valence-electron chi connectivity index (χ1n) is 11.0. The molecule has 2 amide bonds. The van der Waals surface area contributed by atoms with Crippen LogP contribution in [0.2, 0.25) is 0 Å². The van der Waals surface area contributed by atoms with Crippen molar-refractivity contribution < 1.29 is 19.2 Å². The lowest BCUT2D eigenvalue weighted by Crippen LogP contribution is -2.37. The molecule has 2 fully saturated rings. The molecule has 168 valence electrons. The highest BCUT2D eigenvalue weighted by molar-refractivity contribution is 9.10. The van der Waals surface area contributed by atoms with E-state index in [2.05, 4.69) is 15.9 Å². The van der Waals surface area contributed by atoms with E-state index in [4.69, 9.17) is 9.57 Å². The van der Waals surface area contributed by atoms with Crippen molar-refractivity contribution >= 4 is 39.1 Å². The van der Waals surface area contributed by atoms with Crippen LogP contribution in [-0.2, 0) is 14.4 Å². The van der Waals surface area contributed by atoms with Crippen molar-refractivity contribution in [2.24, 2.45) is 5.92 Å². The summed E-state index contributed by atoms with van der Waals surface area (Å²) in [5.41, 5.74) is 2.22. The summed E-state index contributed by atoms with van der Waals surface area (Å²) in [6, 6.07) is 23.9. The maximum atomic E-state index is 13.6. The van der Waals surface area contributed by atoms with E-state index < -0.39 is 18.1 Å². The molecule has 0 unspecified atom stereocenters. The summed E-state index contributed by atoms with van der Waals surface area (Å²) in [6.07, 6.45) is 0.0170. The van der Waals surface area contributed by atoms with Crippen molar-refractivity contribution in [2.45, 2.75) is 25.5 Å². The smallest absolute Gasteiger partial charge is 0.266 e.